The van der Waals surface area contributed by atoms with Crippen LogP contribution in [0.1, 0.15) is 16.7 Å². The van der Waals surface area contributed by atoms with Crippen LogP contribution in [-0.4, -0.2) is 27.7 Å². The van der Waals surface area contributed by atoms with Gasteiger partial charge in [-0.25, -0.2) is 13.1 Å². The molecular formula is C18H18N2O3S. The highest BCUT2D eigenvalue weighted by atomic mass is 32.2. The van der Waals surface area contributed by atoms with E-state index in [1.165, 1.54) is 35.4 Å². The number of rotatable bonds is 5. The van der Waals surface area contributed by atoms with Gasteiger partial charge in [0.1, 0.15) is 0 Å². The molecule has 0 amide bonds. The Bertz CT molecular complexity index is 858. The lowest BCUT2D eigenvalue weighted by molar-refractivity contribution is 0.00378. The highest BCUT2D eigenvalue weighted by molar-refractivity contribution is 7.89. The first-order valence-electron chi connectivity index (χ1n) is 7.60. The Balaban J connectivity index is 1.75. The van der Waals surface area contributed by atoms with Gasteiger partial charge in [-0.1, -0.05) is 24.3 Å². The van der Waals surface area contributed by atoms with Gasteiger partial charge >= 0.3 is 0 Å². The molecule has 3 rings (SSSR count). The van der Waals surface area contributed by atoms with Crippen LogP contribution in [0.15, 0.2) is 53.4 Å². The molecule has 2 aromatic carbocycles. The van der Waals surface area contributed by atoms with Crippen molar-refractivity contribution in [3.05, 3.63) is 65.2 Å². The second-order valence-electron chi connectivity index (χ2n) is 5.97. The van der Waals surface area contributed by atoms with Crippen molar-refractivity contribution in [1.29, 1.82) is 5.26 Å². The summed E-state index contributed by atoms with van der Waals surface area (Å²) >= 11 is 0. The number of hydrogen-bond acceptors (Lipinski definition) is 4. The van der Waals surface area contributed by atoms with Crippen molar-refractivity contribution < 1.29 is 13.2 Å². The molecular weight excluding hydrogens is 324 g/mol. The Hall–Kier alpha value is -2.20. The highest BCUT2D eigenvalue weighted by Crippen LogP contribution is 2.32. The standard InChI is InChI=1S/C18H18N2O3S/c1-23-18(10-15-4-2-3-5-16(15)11-18)13-20-24(21,22)17-8-6-14(12-19)7-9-17/h2-9,20H,10-11,13H2,1H3. The van der Waals surface area contributed by atoms with Crippen molar-refractivity contribution >= 4 is 10.0 Å². The maximum atomic E-state index is 12.5. The second kappa shape index (κ2) is 6.36. The molecule has 6 heteroatoms. The molecule has 1 aliphatic rings. The van der Waals surface area contributed by atoms with Crippen LogP contribution in [0, 0.1) is 11.3 Å². The first-order valence-corrected chi connectivity index (χ1v) is 9.08. The van der Waals surface area contributed by atoms with Crippen LogP contribution in [0.5, 0.6) is 0 Å². The van der Waals surface area contributed by atoms with Gasteiger partial charge in [0, 0.05) is 26.5 Å². The molecule has 0 bridgehead atoms. The second-order valence-corrected chi connectivity index (χ2v) is 7.74. The molecule has 0 aliphatic heterocycles. The summed E-state index contributed by atoms with van der Waals surface area (Å²) < 4.78 is 33.3. The Labute approximate surface area is 141 Å². The molecule has 0 radical (unpaired) electrons. The van der Waals surface area contributed by atoms with Gasteiger partial charge < -0.3 is 4.74 Å². The molecule has 124 valence electrons. The van der Waals surface area contributed by atoms with Crippen molar-refractivity contribution in [1.82, 2.24) is 4.72 Å². The van der Waals surface area contributed by atoms with E-state index in [0.717, 1.165) is 0 Å². The number of benzene rings is 2. The molecule has 2 aromatic rings. The van der Waals surface area contributed by atoms with E-state index in [9.17, 15) is 8.42 Å². The lowest BCUT2D eigenvalue weighted by Gasteiger charge is -2.27. The first kappa shape index (κ1) is 16.7. The molecule has 1 aliphatic carbocycles. The Morgan fingerprint density at radius 1 is 1.12 bits per heavy atom. The molecule has 24 heavy (non-hydrogen) atoms. The van der Waals surface area contributed by atoms with E-state index in [-0.39, 0.29) is 11.4 Å². The molecule has 0 fully saturated rings. The molecule has 0 saturated carbocycles. The van der Waals surface area contributed by atoms with E-state index < -0.39 is 15.6 Å². The fraction of sp³-hybridized carbons (Fsp3) is 0.278. The number of nitriles is 1. The zero-order chi connectivity index (χ0) is 17.2. The van der Waals surface area contributed by atoms with Gasteiger partial charge in [0.2, 0.25) is 10.0 Å². The van der Waals surface area contributed by atoms with Gasteiger partial charge in [0.25, 0.3) is 0 Å². The molecule has 5 nitrogen and oxygen atoms in total. The fourth-order valence-electron chi connectivity index (χ4n) is 3.02. The van der Waals surface area contributed by atoms with Gasteiger partial charge in [-0.2, -0.15) is 5.26 Å². The summed E-state index contributed by atoms with van der Waals surface area (Å²) in [4.78, 5) is 0.142. The van der Waals surface area contributed by atoms with Crippen molar-refractivity contribution in [2.75, 3.05) is 13.7 Å². The van der Waals surface area contributed by atoms with Crippen molar-refractivity contribution in [3.63, 3.8) is 0 Å². The van der Waals surface area contributed by atoms with Gasteiger partial charge in [-0.3, -0.25) is 0 Å². The molecule has 0 spiro atoms. The average Bonchev–Trinajstić information content (AvgIpc) is 2.99. The predicted molar refractivity (Wildman–Crippen MR) is 89.9 cm³/mol. The fourth-order valence-corrected chi connectivity index (χ4v) is 4.13. The number of sulfonamides is 1. The minimum atomic E-state index is -3.65. The van der Waals surface area contributed by atoms with Crippen LogP contribution in [0.4, 0.5) is 0 Å². The zero-order valence-electron chi connectivity index (χ0n) is 13.3. The van der Waals surface area contributed by atoms with E-state index >= 15 is 0 Å². The topological polar surface area (TPSA) is 79.2 Å². The summed E-state index contributed by atoms with van der Waals surface area (Å²) in [5.74, 6) is 0. The minimum absolute atomic E-state index is 0.142. The Kier molecular flexibility index (Phi) is 4.41. The SMILES string of the molecule is COC1(CNS(=O)(=O)c2ccc(C#N)cc2)Cc2ccccc2C1. The maximum absolute atomic E-state index is 12.5. The largest absolute Gasteiger partial charge is 0.376 e. The number of methoxy groups -OCH3 is 1. The maximum Gasteiger partial charge on any atom is 0.240 e. The Morgan fingerprint density at radius 3 is 2.21 bits per heavy atom. The van der Waals surface area contributed by atoms with Gasteiger partial charge in [-0.05, 0) is 35.4 Å². The summed E-state index contributed by atoms with van der Waals surface area (Å²) in [6.07, 6.45) is 1.35. The third-order valence-corrected chi connectivity index (χ3v) is 5.87. The molecule has 0 saturated heterocycles. The molecule has 0 unspecified atom stereocenters. The summed E-state index contributed by atoms with van der Waals surface area (Å²) in [6, 6.07) is 15.9. The minimum Gasteiger partial charge on any atom is -0.376 e. The highest BCUT2D eigenvalue weighted by Gasteiger charge is 2.38. The van der Waals surface area contributed by atoms with Crippen LogP contribution < -0.4 is 4.72 Å². The number of fused-ring (bicyclic) bond motifs is 1. The number of nitrogens with zero attached hydrogens (tertiary/aromatic N) is 1. The quantitative estimate of drug-likeness (QED) is 0.901. The van der Waals surface area contributed by atoms with Crippen LogP contribution in [0.2, 0.25) is 0 Å². The van der Waals surface area contributed by atoms with Crippen LogP contribution in [-0.2, 0) is 27.6 Å². The van der Waals surface area contributed by atoms with Crippen LogP contribution in [0.25, 0.3) is 0 Å². The van der Waals surface area contributed by atoms with E-state index in [2.05, 4.69) is 4.72 Å². The lowest BCUT2D eigenvalue weighted by Crippen LogP contribution is -2.45. The molecule has 0 atom stereocenters. The van der Waals surface area contributed by atoms with E-state index in [1.807, 2.05) is 30.3 Å². The van der Waals surface area contributed by atoms with E-state index in [0.29, 0.717) is 18.4 Å². The number of nitrogens with one attached hydrogen (secondary N) is 1. The monoisotopic (exact) mass is 342 g/mol. The van der Waals surface area contributed by atoms with E-state index in [4.69, 9.17) is 10.00 Å². The number of ether oxygens (including phenoxy) is 1. The van der Waals surface area contributed by atoms with Gasteiger partial charge in [0.15, 0.2) is 0 Å². The molecule has 0 aromatic heterocycles. The van der Waals surface area contributed by atoms with Crippen molar-refractivity contribution in [2.24, 2.45) is 0 Å². The van der Waals surface area contributed by atoms with Crippen LogP contribution in [0.3, 0.4) is 0 Å². The Morgan fingerprint density at radius 2 is 1.71 bits per heavy atom. The summed E-state index contributed by atoms with van der Waals surface area (Å²) in [5.41, 5.74) is 2.24. The number of hydrogen-bond donors (Lipinski definition) is 1. The molecule has 0 heterocycles. The summed E-state index contributed by atoms with van der Waals surface area (Å²) in [5, 5.41) is 8.80. The normalized spacial score (nSPS) is 15.7. The van der Waals surface area contributed by atoms with Crippen molar-refractivity contribution in [3.8, 4) is 6.07 Å². The van der Waals surface area contributed by atoms with Gasteiger partial charge in [0.05, 0.1) is 22.1 Å². The van der Waals surface area contributed by atoms with Gasteiger partial charge in [-0.15, -0.1) is 0 Å². The van der Waals surface area contributed by atoms with E-state index in [1.54, 1.807) is 7.11 Å². The zero-order valence-corrected chi connectivity index (χ0v) is 14.1. The summed E-state index contributed by atoms with van der Waals surface area (Å²) in [6.45, 7) is 0.195. The first-order chi connectivity index (χ1) is 11.5. The smallest absolute Gasteiger partial charge is 0.240 e. The van der Waals surface area contributed by atoms with Crippen molar-refractivity contribution in [2.45, 2.75) is 23.3 Å². The lowest BCUT2D eigenvalue weighted by atomic mass is 10.0. The average molecular weight is 342 g/mol. The van der Waals surface area contributed by atoms with Crippen LogP contribution >= 0.6 is 0 Å². The third kappa shape index (κ3) is 3.20. The molecule has 1 N–H and O–H groups in total. The predicted octanol–water partition coefficient (Wildman–Crippen LogP) is 2.02. The third-order valence-electron chi connectivity index (χ3n) is 4.45. The summed E-state index contributed by atoms with van der Waals surface area (Å²) in [7, 11) is -2.03.